The van der Waals surface area contributed by atoms with E-state index >= 15 is 0 Å². The van der Waals surface area contributed by atoms with Crippen molar-refractivity contribution >= 4 is 10.0 Å². The van der Waals surface area contributed by atoms with Crippen LogP contribution in [-0.4, -0.2) is 45.1 Å². The highest BCUT2D eigenvalue weighted by Gasteiger charge is 2.10. The molecule has 0 spiro atoms. The van der Waals surface area contributed by atoms with Gasteiger partial charge in [-0.25, -0.2) is 13.1 Å². The van der Waals surface area contributed by atoms with Crippen molar-refractivity contribution in [1.29, 1.82) is 0 Å². The maximum atomic E-state index is 11.1. The molecule has 0 amide bonds. The second kappa shape index (κ2) is 6.31. The van der Waals surface area contributed by atoms with Crippen LogP contribution in [0.2, 0.25) is 0 Å². The number of sulfonamides is 1. The fraction of sp³-hybridized carbons (Fsp3) is 1.00. The van der Waals surface area contributed by atoms with Crippen molar-refractivity contribution < 1.29 is 18.3 Å². The highest BCUT2D eigenvalue weighted by molar-refractivity contribution is 7.89. The van der Waals surface area contributed by atoms with E-state index in [9.17, 15) is 8.42 Å². The maximum Gasteiger partial charge on any atom is 0.213 e. The maximum absolute atomic E-state index is 11.1. The Bertz CT molecular complexity index is 213. The Morgan fingerprint density at radius 2 is 2.15 bits per heavy atom. The van der Waals surface area contributed by atoms with Crippen molar-refractivity contribution in [3.8, 4) is 0 Å². The molecule has 5 nitrogen and oxygen atoms in total. The fourth-order valence-corrected chi connectivity index (χ4v) is 1.61. The number of ether oxygens (including phenoxy) is 1. The van der Waals surface area contributed by atoms with E-state index in [-0.39, 0.29) is 18.9 Å². The molecule has 0 saturated carbocycles. The lowest BCUT2D eigenvalue weighted by atomic mass is 10.4. The van der Waals surface area contributed by atoms with Crippen LogP contribution in [-0.2, 0) is 14.8 Å². The van der Waals surface area contributed by atoms with E-state index in [1.807, 2.05) is 0 Å². The minimum atomic E-state index is -3.28. The largest absolute Gasteiger partial charge is 0.392 e. The Morgan fingerprint density at radius 3 is 2.62 bits per heavy atom. The molecule has 0 fully saturated rings. The summed E-state index contributed by atoms with van der Waals surface area (Å²) >= 11 is 0. The number of nitrogens with one attached hydrogen (secondary N) is 1. The zero-order chi connectivity index (χ0) is 10.3. The fourth-order valence-electron chi connectivity index (χ4n) is 0.633. The van der Waals surface area contributed by atoms with Crippen molar-refractivity contribution in [3.05, 3.63) is 0 Å². The van der Waals surface area contributed by atoms with Crippen LogP contribution < -0.4 is 4.72 Å². The first-order valence-electron chi connectivity index (χ1n) is 4.21. The van der Waals surface area contributed by atoms with Crippen LogP contribution in [0.3, 0.4) is 0 Å². The number of aliphatic hydroxyl groups is 1. The monoisotopic (exact) mass is 211 g/mol. The van der Waals surface area contributed by atoms with Crippen molar-refractivity contribution in [2.24, 2.45) is 0 Å². The van der Waals surface area contributed by atoms with E-state index in [0.717, 1.165) is 0 Å². The lowest BCUT2D eigenvalue weighted by Gasteiger charge is -2.07. The van der Waals surface area contributed by atoms with E-state index in [4.69, 9.17) is 9.84 Å². The predicted molar refractivity (Wildman–Crippen MR) is 50.0 cm³/mol. The van der Waals surface area contributed by atoms with Crippen molar-refractivity contribution in [1.82, 2.24) is 4.72 Å². The van der Waals surface area contributed by atoms with Gasteiger partial charge in [-0.05, 0) is 13.8 Å². The molecule has 0 rings (SSSR count). The van der Waals surface area contributed by atoms with Gasteiger partial charge in [-0.2, -0.15) is 0 Å². The van der Waals surface area contributed by atoms with Gasteiger partial charge in [-0.15, -0.1) is 0 Å². The molecule has 6 heteroatoms. The molecule has 0 aliphatic rings. The van der Waals surface area contributed by atoms with Gasteiger partial charge in [0.2, 0.25) is 10.0 Å². The average molecular weight is 211 g/mol. The molecule has 0 radical (unpaired) electrons. The lowest BCUT2D eigenvalue weighted by Crippen LogP contribution is -2.33. The van der Waals surface area contributed by atoms with Crippen molar-refractivity contribution in [2.45, 2.75) is 20.0 Å². The summed E-state index contributed by atoms with van der Waals surface area (Å²) < 4.78 is 29.4. The molecule has 0 aliphatic heterocycles. The van der Waals surface area contributed by atoms with Crippen molar-refractivity contribution in [3.63, 3.8) is 0 Å². The Balaban J connectivity index is 3.68. The molecule has 1 atom stereocenters. The molecule has 0 aromatic rings. The summed E-state index contributed by atoms with van der Waals surface area (Å²) in [5.74, 6) is -0.0619. The van der Waals surface area contributed by atoms with Crippen LogP contribution in [0.1, 0.15) is 13.8 Å². The molecule has 2 N–H and O–H groups in total. The van der Waals surface area contributed by atoms with Gasteiger partial charge in [0.05, 0.1) is 18.5 Å². The van der Waals surface area contributed by atoms with Gasteiger partial charge >= 0.3 is 0 Å². The summed E-state index contributed by atoms with van der Waals surface area (Å²) in [6, 6.07) is 0. The predicted octanol–water partition coefficient (Wildman–Crippen LogP) is -0.677. The number of hydrogen-bond acceptors (Lipinski definition) is 4. The zero-order valence-electron chi connectivity index (χ0n) is 7.99. The quantitative estimate of drug-likeness (QED) is 0.547. The molecule has 0 saturated heterocycles. The van der Waals surface area contributed by atoms with Crippen LogP contribution in [0.5, 0.6) is 0 Å². The van der Waals surface area contributed by atoms with Gasteiger partial charge in [0.1, 0.15) is 0 Å². The van der Waals surface area contributed by atoms with Crippen LogP contribution in [0.4, 0.5) is 0 Å². The summed E-state index contributed by atoms with van der Waals surface area (Å²) in [6.45, 7) is 4.06. The van der Waals surface area contributed by atoms with E-state index < -0.39 is 16.1 Å². The molecular weight excluding hydrogens is 194 g/mol. The van der Waals surface area contributed by atoms with E-state index in [1.54, 1.807) is 6.92 Å². The minimum absolute atomic E-state index is 0.0501. The number of hydrogen-bond donors (Lipinski definition) is 2. The molecule has 80 valence electrons. The SMILES string of the molecule is CCOCCS(=O)(=O)NC[C@H](C)O. The van der Waals surface area contributed by atoms with Gasteiger partial charge in [0.15, 0.2) is 0 Å². The molecule has 0 heterocycles. The molecule has 13 heavy (non-hydrogen) atoms. The summed E-state index contributed by atoms with van der Waals surface area (Å²) in [4.78, 5) is 0. The first kappa shape index (κ1) is 12.8. The van der Waals surface area contributed by atoms with Gasteiger partial charge < -0.3 is 9.84 Å². The Kier molecular flexibility index (Phi) is 6.23. The highest BCUT2D eigenvalue weighted by Crippen LogP contribution is 1.86. The standard InChI is InChI=1S/C7H17NO4S/c1-3-12-4-5-13(10,11)8-6-7(2)9/h7-9H,3-6H2,1-2H3/t7-/m0/s1. The molecule has 0 aromatic carbocycles. The van der Waals surface area contributed by atoms with Crippen molar-refractivity contribution in [2.75, 3.05) is 25.5 Å². The number of rotatable bonds is 7. The summed E-state index contributed by atoms with van der Waals surface area (Å²) in [5, 5.41) is 8.83. The molecule has 0 unspecified atom stereocenters. The third-order valence-corrected chi connectivity index (χ3v) is 2.61. The van der Waals surface area contributed by atoms with Gasteiger partial charge in [-0.3, -0.25) is 0 Å². The second-order valence-electron chi connectivity index (χ2n) is 2.71. The van der Waals surface area contributed by atoms with Crippen LogP contribution in [0, 0.1) is 0 Å². The smallest absolute Gasteiger partial charge is 0.213 e. The first-order chi connectivity index (χ1) is 5.98. The Morgan fingerprint density at radius 1 is 1.54 bits per heavy atom. The third-order valence-electron chi connectivity index (χ3n) is 1.30. The van der Waals surface area contributed by atoms with E-state index in [0.29, 0.717) is 6.61 Å². The van der Waals surface area contributed by atoms with Gasteiger partial charge in [0, 0.05) is 13.2 Å². The average Bonchev–Trinajstić information content (AvgIpc) is 2.02. The normalized spacial score (nSPS) is 14.4. The van der Waals surface area contributed by atoms with Crippen LogP contribution in [0.15, 0.2) is 0 Å². The Labute approximate surface area is 79.1 Å². The van der Waals surface area contributed by atoms with Gasteiger partial charge in [-0.1, -0.05) is 0 Å². The third kappa shape index (κ3) is 8.17. The molecule has 0 aliphatic carbocycles. The molecule has 0 aromatic heterocycles. The lowest BCUT2D eigenvalue weighted by molar-refractivity contribution is 0.163. The van der Waals surface area contributed by atoms with Crippen LogP contribution in [0.25, 0.3) is 0 Å². The van der Waals surface area contributed by atoms with E-state index in [2.05, 4.69) is 4.72 Å². The van der Waals surface area contributed by atoms with Gasteiger partial charge in [0.25, 0.3) is 0 Å². The number of aliphatic hydroxyl groups excluding tert-OH is 1. The Hall–Kier alpha value is -0.170. The zero-order valence-corrected chi connectivity index (χ0v) is 8.80. The summed E-state index contributed by atoms with van der Waals surface area (Å²) in [6.07, 6.45) is -0.665. The second-order valence-corrected chi connectivity index (χ2v) is 4.64. The summed E-state index contributed by atoms with van der Waals surface area (Å²) in [7, 11) is -3.28. The molecular formula is C7H17NO4S. The van der Waals surface area contributed by atoms with E-state index in [1.165, 1.54) is 6.92 Å². The summed E-state index contributed by atoms with van der Waals surface area (Å²) in [5.41, 5.74) is 0. The molecule has 0 bridgehead atoms. The topological polar surface area (TPSA) is 75.6 Å². The highest BCUT2D eigenvalue weighted by atomic mass is 32.2. The first-order valence-corrected chi connectivity index (χ1v) is 5.86. The van der Waals surface area contributed by atoms with Crippen LogP contribution >= 0.6 is 0 Å². The minimum Gasteiger partial charge on any atom is -0.392 e.